The van der Waals surface area contributed by atoms with E-state index in [1.807, 2.05) is 30.3 Å². The molecule has 2 bridgehead atoms. The van der Waals surface area contributed by atoms with Crippen molar-refractivity contribution < 1.29 is 4.79 Å². The van der Waals surface area contributed by atoms with Gasteiger partial charge in [-0.05, 0) is 42.6 Å². The third kappa shape index (κ3) is 2.79. The molecular weight excluding hydrogens is 258 g/mol. The SMILES string of the molecule is O=C(NC[C@H]1C[C@@H]2CC[C@@H]1C2)[C@H](Cl)c1ccccc1. The summed E-state index contributed by atoms with van der Waals surface area (Å²) in [5, 5.41) is 2.47. The van der Waals surface area contributed by atoms with E-state index in [1.165, 1.54) is 25.7 Å². The maximum absolute atomic E-state index is 12.1. The fraction of sp³-hybridized carbons (Fsp3) is 0.562. The van der Waals surface area contributed by atoms with Crippen LogP contribution in [0, 0.1) is 17.8 Å². The molecule has 2 fully saturated rings. The van der Waals surface area contributed by atoms with E-state index in [0.29, 0.717) is 5.92 Å². The second-order valence-corrected chi connectivity index (χ2v) is 6.39. The van der Waals surface area contributed by atoms with Crippen LogP contribution in [0.15, 0.2) is 30.3 Å². The number of hydrogen-bond donors (Lipinski definition) is 1. The van der Waals surface area contributed by atoms with Gasteiger partial charge in [-0.3, -0.25) is 4.79 Å². The molecule has 0 saturated heterocycles. The Bertz CT molecular complexity index is 447. The third-order valence-corrected chi connectivity index (χ3v) is 5.20. The number of halogens is 1. The molecule has 2 saturated carbocycles. The van der Waals surface area contributed by atoms with Gasteiger partial charge in [0.25, 0.3) is 0 Å². The molecule has 0 aliphatic heterocycles. The summed E-state index contributed by atoms with van der Waals surface area (Å²) in [6.45, 7) is 0.802. The van der Waals surface area contributed by atoms with E-state index < -0.39 is 5.38 Å². The van der Waals surface area contributed by atoms with Crippen LogP contribution in [-0.2, 0) is 4.79 Å². The van der Waals surface area contributed by atoms with Crippen LogP contribution in [-0.4, -0.2) is 12.5 Å². The van der Waals surface area contributed by atoms with Crippen LogP contribution in [0.5, 0.6) is 0 Å². The highest BCUT2D eigenvalue weighted by Gasteiger charge is 2.39. The normalized spacial score (nSPS) is 30.3. The summed E-state index contributed by atoms with van der Waals surface area (Å²) < 4.78 is 0. The van der Waals surface area contributed by atoms with Crippen LogP contribution in [0.3, 0.4) is 0 Å². The molecule has 1 aromatic carbocycles. The first-order chi connectivity index (χ1) is 9.24. The number of carbonyl (C=O) groups excluding carboxylic acids is 1. The fourth-order valence-electron chi connectivity index (χ4n) is 3.72. The van der Waals surface area contributed by atoms with E-state index in [-0.39, 0.29) is 5.91 Å². The molecule has 0 spiro atoms. The van der Waals surface area contributed by atoms with E-state index >= 15 is 0 Å². The highest BCUT2D eigenvalue weighted by atomic mass is 35.5. The maximum atomic E-state index is 12.1. The molecule has 0 radical (unpaired) electrons. The van der Waals surface area contributed by atoms with E-state index in [0.717, 1.165) is 23.9 Å². The van der Waals surface area contributed by atoms with Gasteiger partial charge in [0.05, 0.1) is 0 Å². The van der Waals surface area contributed by atoms with Gasteiger partial charge in [0.2, 0.25) is 5.91 Å². The largest absolute Gasteiger partial charge is 0.354 e. The molecule has 102 valence electrons. The van der Waals surface area contributed by atoms with Gasteiger partial charge in [-0.25, -0.2) is 0 Å². The molecule has 2 aliphatic rings. The average Bonchev–Trinajstić information content (AvgIpc) is 3.07. The Kier molecular flexibility index (Phi) is 3.79. The van der Waals surface area contributed by atoms with Gasteiger partial charge in [-0.15, -0.1) is 11.6 Å². The predicted octanol–water partition coefficient (Wildman–Crippen LogP) is 3.52. The molecule has 0 heterocycles. The van der Waals surface area contributed by atoms with Gasteiger partial charge < -0.3 is 5.32 Å². The van der Waals surface area contributed by atoms with Crippen LogP contribution in [0.2, 0.25) is 0 Å². The second-order valence-electron chi connectivity index (χ2n) is 5.95. The summed E-state index contributed by atoms with van der Waals surface area (Å²) in [6, 6.07) is 9.55. The summed E-state index contributed by atoms with van der Waals surface area (Å²) in [5.74, 6) is 2.39. The molecule has 1 N–H and O–H groups in total. The first-order valence-corrected chi connectivity index (χ1v) is 7.64. The Morgan fingerprint density at radius 1 is 1.26 bits per heavy atom. The number of rotatable bonds is 4. The number of amides is 1. The van der Waals surface area contributed by atoms with Gasteiger partial charge in [-0.2, -0.15) is 0 Å². The molecule has 2 aliphatic carbocycles. The standard InChI is InChI=1S/C16H20ClNO/c17-15(12-4-2-1-3-5-12)16(19)18-10-14-9-11-6-7-13(14)8-11/h1-5,11,13-15H,6-10H2,(H,18,19)/t11-,13-,14-,15-/m1/s1. The Morgan fingerprint density at radius 2 is 2.05 bits per heavy atom. The number of alkyl halides is 1. The van der Waals surface area contributed by atoms with Gasteiger partial charge in [0.15, 0.2) is 0 Å². The smallest absolute Gasteiger partial charge is 0.242 e. The molecule has 2 nitrogen and oxygen atoms in total. The number of carbonyl (C=O) groups is 1. The maximum Gasteiger partial charge on any atom is 0.242 e. The molecule has 0 aromatic heterocycles. The highest BCUT2D eigenvalue weighted by molar-refractivity contribution is 6.30. The first kappa shape index (κ1) is 13.0. The highest BCUT2D eigenvalue weighted by Crippen LogP contribution is 2.47. The van der Waals surface area contributed by atoms with Gasteiger partial charge in [-0.1, -0.05) is 36.8 Å². The average molecular weight is 278 g/mol. The molecule has 0 unspecified atom stereocenters. The number of benzene rings is 1. The van der Waals surface area contributed by atoms with Gasteiger partial charge >= 0.3 is 0 Å². The topological polar surface area (TPSA) is 29.1 Å². The van der Waals surface area contributed by atoms with Crippen LogP contribution >= 0.6 is 11.6 Å². The Balaban J connectivity index is 1.51. The third-order valence-electron chi connectivity index (χ3n) is 4.75. The van der Waals surface area contributed by atoms with Crippen LogP contribution in [0.4, 0.5) is 0 Å². The van der Waals surface area contributed by atoms with Crippen molar-refractivity contribution in [3.05, 3.63) is 35.9 Å². The van der Waals surface area contributed by atoms with E-state index in [4.69, 9.17) is 11.6 Å². The van der Waals surface area contributed by atoms with Crippen LogP contribution < -0.4 is 5.32 Å². The lowest BCUT2D eigenvalue weighted by Gasteiger charge is -2.22. The summed E-state index contributed by atoms with van der Waals surface area (Å²) in [7, 11) is 0. The van der Waals surface area contributed by atoms with Crippen molar-refractivity contribution in [2.24, 2.45) is 17.8 Å². The monoisotopic (exact) mass is 277 g/mol. The van der Waals surface area contributed by atoms with Crippen molar-refractivity contribution in [2.75, 3.05) is 6.54 Å². The molecule has 3 heteroatoms. The number of nitrogens with one attached hydrogen (secondary N) is 1. The lowest BCUT2D eigenvalue weighted by atomic mass is 9.89. The molecule has 3 rings (SSSR count). The zero-order valence-electron chi connectivity index (χ0n) is 11.0. The Morgan fingerprint density at radius 3 is 2.68 bits per heavy atom. The number of hydrogen-bond acceptors (Lipinski definition) is 1. The molecule has 4 atom stereocenters. The Hall–Kier alpha value is -1.02. The molecular formula is C16H20ClNO. The summed E-state index contributed by atoms with van der Waals surface area (Å²) in [5.41, 5.74) is 0.870. The van der Waals surface area contributed by atoms with Crippen molar-refractivity contribution in [3.63, 3.8) is 0 Å². The summed E-state index contributed by atoms with van der Waals surface area (Å²) in [6.07, 6.45) is 5.43. The first-order valence-electron chi connectivity index (χ1n) is 7.21. The quantitative estimate of drug-likeness (QED) is 0.839. The van der Waals surface area contributed by atoms with Crippen LogP contribution in [0.25, 0.3) is 0 Å². The lowest BCUT2D eigenvalue weighted by Crippen LogP contribution is -2.33. The minimum Gasteiger partial charge on any atom is -0.354 e. The minimum absolute atomic E-state index is 0.0596. The molecule has 1 aromatic rings. The van der Waals surface area contributed by atoms with Crippen molar-refractivity contribution >= 4 is 17.5 Å². The van der Waals surface area contributed by atoms with E-state index in [1.54, 1.807) is 0 Å². The zero-order valence-corrected chi connectivity index (χ0v) is 11.8. The minimum atomic E-state index is -0.570. The van der Waals surface area contributed by atoms with Crippen molar-refractivity contribution in [1.82, 2.24) is 5.32 Å². The molecule has 1 amide bonds. The van der Waals surface area contributed by atoms with Gasteiger partial charge in [0.1, 0.15) is 5.38 Å². The zero-order chi connectivity index (χ0) is 13.2. The molecule has 19 heavy (non-hydrogen) atoms. The second kappa shape index (κ2) is 5.54. The number of fused-ring (bicyclic) bond motifs is 2. The van der Waals surface area contributed by atoms with Crippen molar-refractivity contribution in [3.8, 4) is 0 Å². The van der Waals surface area contributed by atoms with Gasteiger partial charge in [0, 0.05) is 6.54 Å². The lowest BCUT2D eigenvalue weighted by molar-refractivity contribution is -0.121. The summed E-state index contributed by atoms with van der Waals surface area (Å²) in [4.78, 5) is 12.1. The van der Waals surface area contributed by atoms with E-state index in [2.05, 4.69) is 5.32 Å². The van der Waals surface area contributed by atoms with Crippen molar-refractivity contribution in [2.45, 2.75) is 31.1 Å². The summed E-state index contributed by atoms with van der Waals surface area (Å²) >= 11 is 6.21. The van der Waals surface area contributed by atoms with E-state index in [9.17, 15) is 4.79 Å². The van der Waals surface area contributed by atoms with Crippen molar-refractivity contribution in [1.29, 1.82) is 0 Å². The Labute approximate surface area is 119 Å². The fourth-order valence-corrected chi connectivity index (χ4v) is 3.94. The predicted molar refractivity (Wildman–Crippen MR) is 77.0 cm³/mol. The van der Waals surface area contributed by atoms with Crippen LogP contribution in [0.1, 0.15) is 36.6 Å².